The highest BCUT2D eigenvalue weighted by Crippen LogP contribution is 2.38. The molecule has 0 unspecified atom stereocenters. The Bertz CT molecular complexity index is 416. The molecule has 1 aliphatic carbocycles. The summed E-state index contributed by atoms with van der Waals surface area (Å²) in [4.78, 5) is 6.89. The monoisotopic (exact) mass is 289 g/mol. The van der Waals surface area contributed by atoms with Crippen molar-refractivity contribution in [3.05, 3.63) is 30.1 Å². The van der Waals surface area contributed by atoms with Gasteiger partial charge in [0.1, 0.15) is 0 Å². The highest BCUT2D eigenvalue weighted by Gasteiger charge is 2.35. The SMILES string of the molecule is CN(Cc1ccccn1)CC1(CNC(C)(C)C)CCCC1. The molecule has 3 heteroatoms. The minimum absolute atomic E-state index is 0.204. The number of pyridine rings is 1. The molecule has 2 rings (SSSR count). The molecule has 0 atom stereocenters. The third-order valence-corrected chi connectivity index (χ3v) is 4.42. The lowest BCUT2D eigenvalue weighted by Crippen LogP contribution is -2.47. The average molecular weight is 289 g/mol. The Morgan fingerprint density at radius 3 is 2.52 bits per heavy atom. The number of nitrogens with zero attached hydrogens (tertiary/aromatic N) is 2. The molecule has 1 N–H and O–H groups in total. The fraction of sp³-hybridized carbons (Fsp3) is 0.722. The van der Waals surface area contributed by atoms with Crippen molar-refractivity contribution in [2.45, 2.75) is 58.5 Å². The van der Waals surface area contributed by atoms with E-state index in [0.29, 0.717) is 5.41 Å². The van der Waals surface area contributed by atoms with Gasteiger partial charge in [0.15, 0.2) is 0 Å². The van der Waals surface area contributed by atoms with Gasteiger partial charge in [-0.15, -0.1) is 0 Å². The van der Waals surface area contributed by atoms with Gasteiger partial charge in [0.25, 0.3) is 0 Å². The van der Waals surface area contributed by atoms with Crippen LogP contribution in [0.15, 0.2) is 24.4 Å². The van der Waals surface area contributed by atoms with Gasteiger partial charge in [0.05, 0.1) is 5.69 Å². The zero-order chi connectivity index (χ0) is 15.3. The highest BCUT2D eigenvalue weighted by molar-refractivity contribution is 5.03. The van der Waals surface area contributed by atoms with Crippen LogP contribution in [0, 0.1) is 5.41 Å². The Morgan fingerprint density at radius 1 is 1.24 bits per heavy atom. The van der Waals surface area contributed by atoms with E-state index in [1.54, 1.807) is 0 Å². The van der Waals surface area contributed by atoms with Gasteiger partial charge in [-0.3, -0.25) is 9.88 Å². The van der Waals surface area contributed by atoms with E-state index in [0.717, 1.165) is 25.3 Å². The summed E-state index contributed by atoms with van der Waals surface area (Å²) in [6, 6.07) is 6.17. The Morgan fingerprint density at radius 2 is 1.95 bits per heavy atom. The molecule has 0 amide bonds. The van der Waals surface area contributed by atoms with Crippen molar-refractivity contribution in [3.63, 3.8) is 0 Å². The summed E-state index contributed by atoms with van der Waals surface area (Å²) in [7, 11) is 2.23. The number of hydrogen-bond donors (Lipinski definition) is 1. The molecule has 21 heavy (non-hydrogen) atoms. The van der Waals surface area contributed by atoms with Crippen molar-refractivity contribution in [3.8, 4) is 0 Å². The molecular weight excluding hydrogens is 258 g/mol. The predicted molar refractivity (Wildman–Crippen MR) is 89.2 cm³/mol. The molecule has 1 fully saturated rings. The van der Waals surface area contributed by atoms with Crippen molar-refractivity contribution in [1.82, 2.24) is 15.2 Å². The molecule has 0 aliphatic heterocycles. The molecule has 3 nitrogen and oxygen atoms in total. The molecule has 0 radical (unpaired) electrons. The first-order valence-electron chi connectivity index (χ1n) is 8.22. The van der Waals surface area contributed by atoms with Gasteiger partial charge in [-0.25, -0.2) is 0 Å². The second-order valence-corrected chi connectivity index (χ2v) is 7.80. The van der Waals surface area contributed by atoms with Crippen molar-refractivity contribution in [2.24, 2.45) is 5.41 Å². The topological polar surface area (TPSA) is 28.2 Å². The summed E-state index contributed by atoms with van der Waals surface area (Å²) in [6.07, 6.45) is 7.34. The Labute approximate surface area is 130 Å². The summed E-state index contributed by atoms with van der Waals surface area (Å²) in [5, 5.41) is 3.73. The van der Waals surface area contributed by atoms with Crippen LogP contribution in [-0.4, -0.2) is 35.6 Å². The second-order valence-electron chi connectivity index (χ2n) is 7.80. The summed E-state index contributed by atoms with van der Waals surface area (Å²) in [5.41, 5.74) is 1.81. The van der Waals surface area contributed by atoms with Gasteiger partial charge < -0.3 is 5.32 Å². The summed E-state index contributed by atoms with van der Waals surface area (Å²) < 4.78 is 0. The third kappa shape index (κ3) is 5.40. The molecule has 0 saturated heterocycles. The van der Waals surface area contributed by atoms with Crippen LogP contribution < -0.4 is 5.32 Å². The van der Waals surface area contributed by atoms with E-state index in [1.807, 2.05) is 12.3 Å². The number of hydrogen-bond acceptors (Lipinski definition) is 3. The molecule has 1 aliphatic rings. The molecule has 1 aromatic rings. The molecule has 1 saturated carbocycles. The van der Waals surface area contributed by atoms with Crippen molar-refractivity contribution in [1.29, 1.82) is 0 Å². The van der Waals surface area contributed by atoms with Crippen LogP contribution >= 0.6 is 0 Å². The van der Waals surface area contributed by atoms with Gasteiger partial charge in [0, 0.05) is 31.4 Å². The van der Waals surface area contributed by atoms with E-state index in [4.69, 9.17) is 0 Å². The molecule has 0 spiro atoms. The smallest absolute Gasteiger partial charge is 0.0543 e. The summed E-state index contributed by atoms with van der Waals surface area (Å²) >= 11 is 0. The lowest BCUT2D eigenvalue weighted by atomic mass is 9.84. The van der Waals surface area contributed by atoms with Crippen LogP contribution in [-0.2, 0) is 6.54 Å². The largest absolute Gasteiger partial charge is 0.311 e. The summed E-state index contributed by atoms with van der Waals surface area (Å²) in [5.74, 6) is 0. The molecule has 1 aromatic heterocycles. The summed E-state index contributed by atoms with van der Waals surface area (Å²) in [6.45, 7) is 10.0. The van der Waals surface area contributed by atoms with E-state index in [9.17, 15) is 0 Å². The Hall–Kier alpha value is -0.930. The number of nitrogens with one attached hydrogen (secondary N) is 1. The molecule has 1 heterocycles. The maximum Gasteiger partial charge on any atom is 0.0543 e. The van der Waals surface area contributed by atoms with E-state index in [1.165, 1.54) is 25.7 Å². The van der Waals surface area contributed by atoms with Gasteiger partial charge >= 0.3 is 0 Å². The van der Waals surface area contributed by atoms with Gasteiger partial charge in [-0.2, -0.15) is 0 Å². The first-order chi connectivity index (χ1) is 9.89. The van der Waals surface area contributed by atoms with Gasteiger partial charge in [-0.05, 0) is 58.2 Å². The molecule has 0 bridgehead atoms. The molecule has 0 aromatic carbocycles. The normalized spacial score (nSPS) is 18.3. The fourth-order valence-corrected chi connectivity index (χ4v) is 3.37. The molecular formula is C18H31N3. The predicted octanol–water partition coefficient (Wildman–Crippen LogP) is 3.46. The fourth-order valence-electron chi connectivity index (χ4n) is 3.37. The quantitative estimate of drug-likeness (QED) is 0.869. The molecule has 118 valence electrons. The Balaban J connectivity index is 1.92. The van der Waals surface area contributed by atoms with Crippen LogP contribution in [0.25, 0.3) is 0 Å². The van der Waals surface area contributed by atoms with Crippen LogP contribution in [0.5, 0.6) is 0 Å². The van der Waals surface area contributed by atoms with E-state index in [-0.39, 0.29) is 5.54 Å². The zero-order valence-electron chi connectivity index (χ0n) is 14.2. The van der Waals surface area contributed by atoms with E-state index >= 15 is 0 Å². The maximum atomic E-state index is 4.44. The van der Waals surface area contributed by atoms with Crippen LogP contribution in [0.1, 0.15) is 52.1 Å². The Kier molecular flexibility index (Phi) is 5.39. The van der Waals surface area contributed by atoms with Crippen LogP contribution in [0.3, 0.4) is 0 Å². The lowest BCUT2D eigenvalue weighted by Gasteiger charge is -2.36. The number of rotatable bonds is 6. The number of aromatic nitrogens is 1. The van der Waals surface area contributed by atoms with E-state index < -0.39 is 0 Å². The van der Waals surface area contributed by atoms with E-state index in [2.05, 4.69) is 55.2 Å². The van der Waals surface area contributed by atoms with Crippen molar-refractivity contribution >= 4 is 0 Å². The average Bonchev–Trinajstić information content (AvgIpc) is 2.86. The third-order valence-electron chi connectivity index (χ3n) is 4.42. The van der Waals surface area contributed by atoms with Crippen molar-refractivity contribution in [2.75, 3.05) is 20.1 Å². The highest BCUT2D eigenvalue weighted by atomic mass is 15.1. The van der Waals surface area contributed by atoms with Gasteiger partial charge in [0.2, 0.25) is 0 Å². The maximum absolute atomic E-state index is 4.44. The second kappa shape index (κ2) is 6.89. The standard InChI is InChI=1S/C18H31N3/c1-17(2,3)20-14-18(10-6-7-11-18)15-21(4)13-16-9-5-8-12-19-16/h5,8-9,12,20H,6-7,10-11,13-15H2,1-4H3. The first-order valence-corrected chi connectivity index (χ1v) is 8.22. The van der Waals surface area contributed by atoms with Crippen LogP contribution in [0.2, 0.25) is 0 Å². The zero-order valence-corrected chi connectivity index (χ0v) is 14.2. The van der Waals surface area contributed by atoms with Crippen LogP contribution in [0.4, 0.5) is 0 Å². The first kappa shape index (κ1) is 16.4. The van der Waals surface area contributed by atoms with Crippen molar-refractivity contribution < 1.29 is 0 Å². The lowest BCUT2D eigenvalue weighted by molar-refractivity contribution is 0.155. The minimum atomic E-state index is 0.204. The minimum Gasteiger partial charge on any atom is -0.311 e. The van der Waals surface area contributed by atoms with Gasteiger partial charge in [-0.1, -0.05) is 18.9 Å².